The molecule has 72 valence electrons. The zero-order chi connectivity index (χ0) is 9.42. The topological polar surface area (TPSA) is 78.4 Å². The molecule has 0 spiro atoms. The number of carboxylic acids is 1. The summed E-state index contributed by atoms with van der Waals surface area (Å²) in [4.78, 5) is 22.0. The van der Waals surface area contributed by atoms with Gasteiger partial charge >= 0.3 is 5.97 Å². The number of piperidine rings is 1. The van der Waals surface area contributed by atoms with E-state index < -0.39 is 12.0 Å². The van der Waals surface area contributed by atoms with E-state index in [1.165, 1.54) is 0 Å². The third kappa shape index (κ3) is 1.29. The molecule has 2 saturated heterocycles. The molecule has 0 radical (unpaired) electrons. The molecule has 0 aliphatic carbocycles. The fourth-order valence-corrected chi connectivity index (χ4v) is 2.20. The number of amides is 1. The van der Waals surface area contributed by atoms with Crippen LogP contribution < -0.4 is 10.6 Å². The van der Waals surface area contributed by atoms with Crippen LogP contribution in [-0.4, -0.2) is 36.1 Å². The third-order valence-electron chi connectivity index (χ3n) is 2.88. The second-order valence-electron chi connectivity index (χ2n) is 3.57. The van der Waals surface area contributed by atoms with Crippen LogP contribution in [0.15, 0.2) is 0 Å². The maximum absolute atomic E-state index is 11.2. The SMILES string of the molecule is O=C1NCC2C1CCNC2C(=O)O. The number of rotatable bonds is 1. The maximum Gasteiger partial charge on any atom is 0.321 e. The molecule has 3 unspecified atom stereocenters. The Labute approximate surface area is 75.5 Å². The first-order valence-electron chi connectivity index (χ1n) is 4.44. The Morgan fingerprint density at radius 1 is 1.54 bits per heavy atom. The average Bonchev–Trinajstić information content (AvgIpc) is 2.48. The Hall–Kier alpha value is -1.10. The van der Waals surface area contributed by atoms with E-state index in [1.807, 2.05) is 0 Å². The zero-order valence-corrected chi connectivity index (χ0v) is 7.12. The number of carbonyl (C=O) groups is 2. The van der Waals surface area contributed by atoms with E-state index in [9.17, 15) is 9.59 Å². The van der Waals surface area contributed by atoms with E-state index in [0.29, 0.717) is 13.1 Å². The van der Waals surface area contributed by atoms with Crippen LogP contribution >= 0.6 is 0 Å². The van der Waals surface area contributed by atoms with Gasteiger partial charge in [-0.2, -0.15) is 0 Å². The van der Waals surface area contributed by atoms with Crippen molar-refractivity contribution in [1.29, 1.82) is 0 Å². The predicted molar refractivity (Wildman–Crippen MR) is 44.0 cm³/mol. The molecule has 0 aromatic heterocycles. The highest BCUT2D eigenvalue weighted by Gasteiger charge is 2.44. The van der Waals surface area contributed by atoms with Crippen LogP contribution in [0.1, 0.15) is 6.42 Å². The van der Waals surface area contributed by atoms with E-state index in [1.54, 1.807) is 0 Å². The quantitative estimate of drug-likeness (QED) is 0.478. The number of hydrogen-bond donors (Lipinski definition) is 3. The van der Waals surface area contributed by atoms with E-state index in [0.717, 1.165) is 6.42 Å². The molecule has 3 atom stereocenters. The number of aliphatic carboxylic acids is 1. The van der Waals surface area contributed by atoms with Gasteiger partial charge in [0.15, 0.2) is 0 Å². The summed E-state index contributed by atoms with van der Waals surface area (Å²) in [5, 5.41) is 14.5. The minimum absolute atomic E-state index is 0.0118. The van der Waals surface area contributed by atoms with Crippen molar-refractivity contribution in [3.63, 3.8) is 0 Å². The van der Waals surface area contributed by atoms with Gasteiger partial charge in [0.05, 0.1) is 0 Å². The van der Waals surface area contributed by atoms with E-state index in [4.69, 9.17) is 5.11 Å². The molecule has 0 saturated carbocycles. The van der Waals surface area contributed by atoms with Gasteiger partial charge in [-0.25, -0.2) is 0 Å². The summed E-state index contributed by atoms with van der Waals surface area (Å²) in [6.07, 6.45) is 0.750. The summed E-state index contributed by atoms with van der Waals surface area (Å²) in [5.41, 5.74) is 0. The van der Waals surface area contributed by atoms with Crippen LogP contribution in [0.5, 0.6) is 0 Å². The first-order chi connectivity index (χ1) is 6.20. The molecule has 0 aromatic carbocycles. The van der Waals surface area contributed by atoms with Crippen LogP contribution in [0.25, 0.3) is 0 Å². The summed E-state index contributed by atoms with van der Waals surface area (Å²) in [6, 6.07) is -0.558. The highest BCUT2D eigenvalue weighted by molar-refractivity contribution is 5.84. The largest absolute Gasteiger partial charge is 0.480 e. The molecule has 2 heterocycles. The summed E-state index contributed by atoms with van der Waals surface area (Å²) in [6.45, 7) is 1.11. The van der Waals surface area contributed by atoms with Gasteiger partial charge < -0.3 is 15.7 Å². The molecule has 2 fully saturated rings. The molecular weight excluding hydrogens is 172 g/mol. The van der Waals surface area contributed by atoms with Crippen molar-refractivity contribution in [2.24, 2.45) is 11.8 Å². The Kier molecular flexibility index (Phi) is 1.95. The van der Waals surface area contributed by atoms with Crippen LogP contribution in [-0.2, 0) is 9.59 Å². The molecule has 0 bridgehead atoms. The Balaban J connectivity index is 2.16. The van der Waals surface area contributed by atoms with Crippen molar-refractivity contribution >= 4 is 11.9 Å². The smallest absolute Gasteiger partial charge is 0.321 e. The minimum atomic E-state index is -0.855. The molecule has 5 nitrogen and oxygen atoms in total. The highest BCUT2D eigenvalue weighted by Crippen LogP contribution is 2.27. The molecular formula is C8H12N2O3. The van der Waals surface area contributed by atoms with Gasteiger partial charge in [-0.05, 0) is 13.0 Å². The number of carbonyl (C=O) groups excluding carboxylic acids is 1. The average molecular weight is 184 g/mol. The fraction of sp³-hybridized carbons (Fsp3) is 0.750. The predicted octanol–water partition coefficient (Wildman–Crippen LogP) is -1.20. The molecule has 0 aromatic rings. The van der Waals surface area contributed by atoms with Crippen molar-refractivity contribution in [2.45, 2.75) is 12.5 Å². The number of carboxylic acid groups (broad SMARTS) is 1. The van der Waals surface area contributed by atoms with E-state index >= 15 is 0 Å². The lowest BCUT2D eigenvalue weighted by molar-refractivity contribution is -0.142. The monoisotopic (exact) mass is 184 g/mol. The van der Waals surface area contributed by atoms with Crippen LogP contribution in [0.3, 0.4) is 0 Å². The van der Waals surface area contributed by atoms with E-state index in [2.05, 4.69) is 10.6 Å². The maximum atomic E-state index is 11.2. The molecule has 2 aliphatic rings. The van der Waals surface area contributed by atoms with Crippen LogP contribution in [0.4, 0.5) is 0 Å². The minimum Gasteiger partial charge on any atom is -0.480 e. The zero-order valence-electron chi connectivity index (χ0n) is 7.12. The number of fused-ring (bicyclic) bond motifs is 1. The summed E-state index contributed by atoms with van der Waals surface area (Å²) >= 11 is 0. The third-order valence-corrected chi connectivity index (χ3v) is 2.88. The van der Waals surface area contributed by atoms with Crippen molar-refractivity contribution in [3.05, 3.63) is 0 Å². The van der Waals surface area contributed by atoms with E-state index in [-0.39, 0.29) is 17.7 Å². The lowest BCUT2D eigenvalue weighted by Gasteiger charge is -2.29. The Morgan fingerprint density at radius 2 is 2.31 bits per heavy atom. The first kappa shape index (κ1) is 8.50. The normalized spacial score (nSPS) is 38.2. The lowest BCUT2D eigenvalue weighted by atomic mass is 9.83. The number of nitrogens with one attached hydrogen (secondary N) is 2. The molecule has 5 heteroatoms. The molecule has 1 amide bonds. The standard InChI is InChI=1S/C8H12N2O3/c11-7-4-1-2-9-6(8(12)13)5(4)3-10-7/h4-6,9H,1-3H2,(H,10,11)(H,12,13). The fourth-order valence-electron chi connectivity index (χ4n) is 2.20. The first-order valence-corrected chi connectivity index (χ1v) is 4.44. The second kappa shape index (κ2) is 2.99. The molecule has 13 heavy (non-hydrogen) atoms. The Morgan fingerprint density at radius 3 is 3.00 bits per heavy atom. The number of hydrogen-bond acceptors (Lipinski definition) is 3. The second-order valence-corrected chi connectivity index (χ2v) is 3.57. The van der Waals surface area contributed by atoms with Crippen molar-refractivity contribution in [3.8, 4) is 0 Å². The van der Waals surface area contributed by atoms with Gasteiger partial charge in [0.2, 0.25) is 5.91 Å². The van der Waals surface area contributed by atoms with Gasteiger partial charge in [0.1, 0.15) is 6.04 Å². The molecule has 3 N–H and O–H groups in total. The lowest BCUT2D eigenvalue weighted by Crippen LogP contribution is -2.50. The van der Waals surface area contributed by atoms with Crippen LogP contribution in [0, 0.1) is 11.8 Å². The van der Waals surface area contributed by atoms with Gasteiger partial charge in [0.25, 0.3) is 0 Å². The highest BCUT2D eigenvalue weighted by atomic mass is 16.4. The Bertz CT molecular complexity index is 254. The molecule has 2 rings (SSSR count). The van der Waals surface area contributed by atoms with Crippen molar-refractivity contribution in [2.75, 3.05) is 13.1 Å². The summed E-state index contributed by atoms with van der Waals surface area (Å²) < 4.78 is 0. The van der Waals surface area contributed by atoms with Crippen molar-refractivity contribution < 1.29 is 14.7 Å². The molecule has 2 aliphatic heterocycles. The van der Waals surface area contributed by atoms with Gasteiger partial charge in [0, 0.05) is 18.4 Å². The summed E-state index contributed by atoms with van der Waals surface area (Å²) in [5.74, 6) is -1.01. The van der Waals surface area contributed by atoms with Crippen molar-refractivity contribution in [1.82, 2.24) is 10.6 Å². The van der Waals surface area contributed by atoms with Gasteiger partial charge in [-0.15, -0.1) is 0 Å². The summed E-state index contributed by atoms with van der Waals surface area (Å²) in [7, 11) is 0. The van der Waals surface area contributed by atoms with Gasteiger partial charge in [-0.1, -0.05) is 0 Å². The van der Waals surface area contributed by atoms with Crippen LogP contribution in [0.2, 0.25) is 0 Å². The van der Waals surface area contributed by atoms with Gasteiger partial charge in [-0.3, -0.25) is 9.59 Å².